The summed E-state index contributed by atoms with van der Waals surface area (Å²) in [5, 5.41) is 10.0. The summed E-state index contributed by atoms with van der Waals surface area (Å²) in [5.74, 6) is 0.130. The number of carbonyl (C=O) groups is 1. The molecule has 2 saturated heterocycles. The van der Waals surface area contributed by atoms with E-state index in [1.54, 1.807) is 11.0 Å². The van der Waals surface area contributed by atoms with Gasteiger partial charge in [-0.15, -0.1) is 0 Å². The van der Waals surface area contributed by atoms with Gasteiger partial charge in [0.1, 0.15) is 0 Å². The zero-order valence-electron chi connectivity index (χ0n) is 10.4. The predicted molar refractivity (Wildman–Crippen MR) is 69.0 cm³/mol. The van der Waals surface area contributed by atoms with E-state index >= 15 is 0 Å². The van der Waals surface area contributed by atoms with E-state index in [9.17, 15) is 9.90 Å². The number of hydrogen-bond acceptors (Lipinski definition) is 4. The van der Waals surface area contributed by atoms with Gasteiger partial charge in [0.2, 0.25) is 0 Å². The topological polar surface area (TPSA) is 62.7 Å². The van der Waals surface area contributed by atoms with Gasteiger partial charge in [0.25, 0.3) is 5.91 Å². The zero-order valence-corrected chi connectivity index (χ0v) is 11.1. The summed E-state index contributed by atoms with van der Waals surface area (Å²) in [7, 11) is 0. The second kappa shape index (κ2) is 4.74. The Morgan fingerprint density at radius 1 is 1.63 bits per heavy atom. The van der Waals surface area contributed by atoms with Crippen LogP contribution in [-0.2, 0) is 4.74 Å². The van der Waals surface area contributed by atoms with Crippen LogP contribution in [0.15, 0.2) is 18.5 Å². The highest BCUT2D eigenvalue weighted by Crippen LogP contribution is 2.41. The van der Waals surface area contributed by atoms with Crippen LogP contribution >= 0.6 is 11.6 Å². The van der Waals surface area contributed by atoms with Crippen molar-refractivity contribution in [2.24, 2.45) is 11.3 Å². The van der Waals surface area contributed by atoms with E-state index < -0.39 is 0 Å². The smallest absolute Gasteiger partial charge is 0.255 e. The van der Waals surface area contributed by atoms with Crippen molar-refractivity contribution in [3.8, 4) is 0 Å². The van der Waals surface area contributed by atoms with Crippen molar-refractivity contribution in [1.82, 2.24) is 9.88 Å². The molecule has 0 aliphatic carbocycles. The fourth-order valence-electron chi connectivity index (χ4n) is 2.92. The van der Waals surface area contributed by atoms with E-state index in [1.165, 1.54) is 12.4 Å². The van der Waals surface area contributed by atoms with E-state index in [2.05, 4.69) is 4.98 Å². The largest absolute Gasteiger partial charge is 0.396 e. The normalized spacial score (nSPS) is 29.6. The fraction of sp³-hybridized carbons (Fsp3) is 0.538. The van der Waals surface area contributed by atoms with E-state index in [-0.39, 0.29) is 23.8 Å². The molecule has 3 heterocycles. The van der Waals surface area contributed by atoms with Crippen LogP contribution in [0.4, 0.5) is 0 Å². The Hall–Kier alpha value is -1.17. The Morgan fingerprint density at radius 2 is 2.47 bits per heavy atom. The number of fused-ring (bicyclic) bond motifs is 1. The monoisotopic (exact) mass is 282 g/mol. The van der Waals surface area contributed by atoms with Gasteiger partial charge in [-0.25, -0.2) is 0 Å². The molecular weight excluding hydrogens is 268 g/mol. The molecule has 6 heteroatoms. The Balaban J connectivity index is 1.80. The first-order valence-corrected chi connectivity index (χ1v) is 6.61. The van der Waals surface area contributed by atoms with Crippen LogP contribution in [0.1, 0.15) is 10.4 Å². The average molecular weight is 283 g/mol. The van der Waals surface area contributed by atoms with Gasteiger partial charge < -0.3 is 14.7 Å². The number of nitrogens with zero attached hydrogens (tertiary/aromatic N) is 2. The maximum Gasteiger partial charge on any atom is 0.255 e. The molecule has 1 N–H and O–H groups in total. The number of aromatic nitrogens is 1. The molecule has 2 atom stereocenters. The van der Waals surface area contributed by atoms with Crippen LogP contribution in [-0.4, -0.2) is 53.8 Å². The Bertz CT molecular complexity index is 510. The number of carbonyl (C=O) groups excluding carboxylic acids is 1. The Kier molecular flexibility index (Phi) is 3.20. The highest BCUT2D eigenvalue weighted by molar-refractivity contribution is 6.30. The number of hydrogen-bond donors (Lipinski definition) is 1. The van der Waals surface area contributed by atoms with Crippen LogP contribution < -0.4 is 0 Å². The summed E-state index contributed by atoms with van der Waals surface area (Å²) in [6.45, 7) is 2.32. The minimum Gasteiger partial charge on any atom is -0.396 e. The molecule has 2 aliphatic heterocycles. The number of halogens is 1. The van der Waals surface area contributed by atoms with Crippen LogP contribution in [0.5, 0.6) is 0 Å². The zero-order chi connectivity index (χ0) is 13.5. The summed E-state index contributed by atoms with van der Waals surface area (Å²) >= 11 is 5.85. The lowest BCUT2D eigenvalue weighted by Gasteiger charge is -2.24. The van der Waals surface area contributed by atoms with Gasteiger partial charge >= 0.3 is 0 Å². The third-order valence-corrected chi connectivity index (χ3v) is 4.28. The number of aliphatic hydroxyl groups is 1. The van der Waals surface area contributed by atoms with E-state index in [4.69, 9.17) is 16.3 Å². The van der Waals surface area contributed by atoms with Crippen LogP contribution in [0, 0.1) is 11.3 Å². The van der Waals surface area contributed by atoms with Crippen LogP contribution in [0.25, 0.3) is 0 Å². The SMILES string of the molecule is O=C(c1cncc(Cl)c1)N1C[C@H]2COC[C@@]2(CO)C1. The van der Waals surface area contributed by atoms with Gasteiger partial charge in [-0.05, 0) is 6.07 Å². The summed E-state index contributed by atoms with van der Waals surface area (Å²) in [6, 6.07) is 1.62. The molecule has 0 bridgehead atoms. The van der Waals surface area contributed by atoms with Gasteiger partial charge in [-0.2, -0.15) is 0 Å². The van der Waals surface area contributed by atoms with Gasteiger partial charge in [0, 0.05) is 36.8 Å². The summed E-state index contributed by atoms with van der Waals surface area (Å²) in [4.78, 5) is 18.1. The molecule has 102 valence electrons. The lowest BCUT2D eigenvalue weighted by Crippen LogP contribution is -2.36. The minimum absolute atomic E-state index is 0.0508. The highest BCUT2D eigenvalue weighted by atomic mass is 35.5. The number of pyridine rings is 1. The van der Waals surface area contributed by atoms with Gasteiger partial charge in [0.15, 0.2) is 0 Å². The van der Waals surface area contributed by atoms with E-state index in [0.29, 0.717) is 36.9 Å². The van der Waals surface area contributed by atoms with Crippen molar-refractivity contribution in [2.45, 2.75) is 0 Å². The third kappa shape index (κ3) is 2.12. The summed E-state index contributed by atoms with van der Waals surface area (Å²) in [5.41, 5.74) is 0.197. The van der Waals surface area contributed by atoms with Crippen molar-refractivity contribution in [3.63, 3.8) is 0 Å². The quantitative estimate of drug-likeness (QED) is 0.872. The number of rotatable bonds is 2. The van der Waals surface area contributed by atoms with E-state index in [0.717, 1.165) is 0 Å². The lowest BCUT2D eigenvalue weighted by molar-refractivity contribution is 0.0630. The Morgan fingerprint density at radius 3 is 3.16 bits per heavy atom. The fourth-order valence-corrected chi connectivity index (χ4v) is 3.10. The molecule has 2 fully saturated rings. The molecule has 3 rings (SSSR count). The van der Waals surface area contributed by atoms with Crippen LogP contribution in [0.3, 0.4) is 0 Å². The third-order valence-electron chi connectivity index (χ3n) is 4.08. The molecule has 0 radical (unpaired) electrons. The lowest BCUT2D eigenvalue weighted by atomic mass is 9.82. The predicted octanol–water partition coefficient (Wildman–Crippen LogP) is 0.816. The van der Waals surface area contributed by atoms with Crippen LogP contribution in [0.2, 0.25) is 5.02 Å². The maximum atomic E-state index is 12.4. The average Bonchev–Trinajstić information content (AvgIpc) is 2.94. The minimum atomic E-state index is -0.290. The molecule has 1 aromatic heterocycles. The van der Waals surface area contributed by atoms with Gasteiger partial charge in [-0.3, -0.25) is 9.78 Å². The van der Waals surface area contributed by atoms with Crippen molar-refractivity contribution in [1.29, 1.82) is 0 Å². The molecule has 2 aliphatic rings. The second-order valence-electron chi connectivity index (χ2n) is 5.31. The Labute approximate surface area is 116 Å². The van der Waals surface area contributed by atoms with Crippen molar-refractivity contribution in [3.05, 3.63) is 29.0 Å². The molecular formula is C13H15ClN2O3. The van der Waals surface area contributed by atoms with Gasteiger partial charge in [0.05, 0.1) is 30.4 Å². The second-order valence-corrected chi connectivity index (χ2v) is 5.75. The van der Waals surface area contributed by atoms with E-state index in [1.807, 2.05) is 0 Å². The first-order valence-electron chi connectivity index (χ1n) is 6.23. The molecule has 0 spiro atoms. The molecule has 1 aromatic rings. The molecule has 19 heavy (non-hydrogen) atoms. The van der Waals surface area contributed by atoms with Crippen molar-refractivity contribution < 1.29 is 14.6 Å². The van der Waals surface area contributed by atoms with Crippen molar-refractivity contribution >= 4 is 17.5 Å². The first-order chi connectivity index (χ1) is 9.14. The highest BCUT2D eigenvalue weighted by Gasteiger charge is 2.51. The number of aliphatic hydroxyl groups excluding tert-OH is 1. The summed E-state index contributed by atoms with van der Waals surface area (Å²) < 4.78 is 5.43. The number of ether oxygens (including phenoxy) is 1. The van der Waals surface area contributed by atoms with Gasteiger partial charge in [-0.1, -0.05) is 11.6 Å². The molecule has 0 unspecified atom stereocenters. The number of amides is 1. The standard InChI is InChI=1S/C13H15ClN2O3/c14-11-1-9(2-15-3-11)12(18)16-4-10-5-19-8-13(10,6-16)7-17/h1-3,10,17H,4-8H2/t10-,13-/m0/s1. The first kappa shape index (κ1) is 12.8. The number of likely N-dealkylation sites (tertiary alicyclic amines) is 1. The summed E-state index contributed by atoms with van der Waals surface area (Å²) in [6.07, 6.45) is 3.02. The molecule has 0 saturated carbocycles. The molecule has 0 aromatic carbocycles. The van der Waals surface area contributed by atoms with Crippen molar-refractivity contribution in [2.75, 3.05) is 32.9 Å². The molecule has 5 nitrogen and oxygen atoms in total. The molecule has 1 amide bonds. The maximum absolute atomic E-state index is 12.4.